The van der Waals surface area contributed by atoms with Gasteiger partial charge in [-0.2, -0.15) is 0 Å². The quantitative estimate of drug-likeness (QED) is 0.0271. The first kappa shape index (κ1) is 50.6. The number of carbonyl (C=O) groups excluding carboxylic acids is 5. The maximum atomic E-state index is 13.4. The second-order valence-electron chi connectivity index (χ2n) is 14.8. The highest BCUT2D eigenvalue weighted by molar-refractivity contribution is 5.95. The van der Waals surface area contributed by atoms with Crippen LogP contribution in [0.25, 0.3) is 0 Å². The number of hydrogen-bond acceptors (Lipinski definition) is 8. The number of amides is 5. The van der Waals surface area contributed by atoms with Gasteiger partial charge in [0.25, 0.3) is 0 Å². The van der Waals surface area contributed by atoms with Crippen molar-refractivity contribution < 1.29 is 43.8 Å². The first-order valence-electron chi connectivity index (χ1n) is 20.0. The molecule has 0 aliphatic heterocycles. The van der Waals surface area contributed by atoms with Crippen LogP contribution in [-0.2, 0) is 33.6 Å². The lowest BCUT2D eigenvalue weighted by molar-refractivity contribution is -0.144. The topological polar surface area (TPSA) is 284 Å². The summed E-state index contributed by atoms with van der Waals surface area (Å²) in [6, 6.07) is -5.08. The number of nitrogens with one attached hydrogen (secondary N) is 5. The molecule has 0 bridgehead atoms. The van der Waals surface area contributed by atoms with Crippen LogP contribution in [-0.4, -0.2) is 94.9 Å². The summed E-state index contributed by atoms with van der Waals surface area (Å²) in [4.78, 5) is 91.7. The van der Waals surface area contributed by atoms with E-state index in [-0.39, 0.29) is 43.6 Å². The summed E-state index contributed by atoms with van der Waals surface area (Å²) < 4.78 is 0. The zero-order chi connectivity index (χ0) is 41.8. The lowest BCUT2D eigenvalue weighted by Gasteiger charge is -2.25. The summed E-state index contributed by atoms with van der Waals surface area (Å²) >= 11 is 0. The predicted molar refractivity (Wildman–Crippen MR) is 211 cm³/mol. The van der Waals surface area contributed by atoms with Crippen molar-refractivity contribution in [2.75, 3.05) is 13.1 Å². The van der Waals surface area contributed by atoms with Crippen LogP contribution in [0.2, 0.25) is 0 Å². The van der Waals surface area contributed by atoms with Crippen LogP contribution in [0.4, 0.5) is 0 Å². The number of aliphatic imine (C=N–C) groups is 1. The van der Waals surface area contributed by atoms with Crippen molar-refractivity contribution in [1.82, 2.24) is 26.6 Å². The molecule has 316 valence electrons. The minimum atomic E-state index is -1.63. The predicted octanol–water partition coefficient (Wildman–Crippen LogP) is 2.45. The van der Waals surface area contributed by atoms with Gasteiger partial charge in [0.2, 0.25) is 29.5 Å². The van der Waals surface area contributed by atoms with E-state index >= 15 is 0 Å². The standard InChI is InChI=1S/C38H70N8O9/c1-6-7-8-9-10-11-12-13-14-15-16-17-18-21-29(47)45-32(25(2)3)36(53)44-27(20-19-22-41-38(39)40)34(51)42-24-30(48)43-28(23-31(49)50)35(52)46-33(26(4)5)37(54)55/h25-28,32-33H,6-24H2,1-5H3,(H,42,51)(H,43,48)(H,44,53)(H,45,47)(H,46,52)(H,49,50)(H,54,55)(H4,39,40,41)/t27-,28-,32-,33-/m0/s1. The van der Waals surface area contributed by atoms with Crippen LogP contribution in [0.3, 0.4) is 0 Å². The third-order valence-electron chi connectivity index (χ3n) is 9.04. The molecule has 0 saturated carbocycles. The highest BCUT2D eigenvalue weighted by Gasteiger charge is 2.31. The number of nitrogens with zero attached hydrogens (tertiary/aromatic N) is 1. The number of nitrogens with two attached hydrogens (primary N) is 2. The van der Waals surface area contributed by atoms with E-state index in [0.29, 0.717) is 6.42 Å². The van der Waals surface area contributed by atoms with Gasteiger partial charge < -0.3 is 48.3 Å². The molecular formula is C38H70N8O9. The fourth-order valence-corrected chi connectivity index (χ4v) is 5.81. The maximum Gasteiger partial charge on any atom is 0.326 e. The molecule has 55 heavy (non-hydrogen) atoms. The van der Waals surface area contributed by atoms with E-state index in [1.807, 2.05) is 0 Å². The van der Waals surface area contributed by atoms with E-state index in [1.165, 1.54) is 57.8 Å². The number of carbonyl (C=O) groups is 7. The van der Waals surface area contributed by atoms with Crippen molar-refractivity contribution in [3.8, 4) is 0 Å². The Bertz CT molecular complexity index is 1220. The molecule has 0 radical (unpaired) electrons. The summed E-state index contributed by atoms with van der Waals surface area (Å²) in [6.45, 7) is 8.29. The molecule has 0 saturated heterocycles. The number of hydrogen-bond donors (Lipinski definition) is 9. The Morgan fingerprint density at radius 2 is 1.11 bits per heavy atom. The highest BCUT2D eigenvalue weighted by atomic mass is 16.4. The molecule has 17 heteroatoms. The Balaban J connectivity index is 5.20. The molecule has 0 aliphatic carbocycles. The van der Waals surface area contributed by atoms with E-state index in [0.717, 1.165) is 19.3 Å². The van der Waals surface area contributed by atoms with Crippen molar-refractivity contribution in [1.29, 1.82) is 0 Å². The minimum Gasteiger partial charge on any atom is -0.481 e. The molecule has 0 aliphatic rings. The Hall–Kier alpha value is -4.44. The number of guanidine groups is 1. The molecule has 0 heterocycles. The van der Waals surface area contributed by atoms with Crippen LogP contribution >= 0.6 is 0 Å². The van der Waals surface area contributed by atoms with Gasteiger partial charge in [-0.15, -0.1) is 0 Å². The second kappa shape index (κ2) is 29.9. The Morgan fingerprint density at radius 3 is 1.58 bits per heavy atom. The van der Waals surface area contributed by atoms with Gasteiger partial charge in [-0.05, 0) is 31.1 Å². The molecule has 0 unspecified atom stereocenters. The fraction of sp³-hybridized carbons (Fsp3) is 0.789. The Morgan fingerprint density at radius 1 is 0.582 bits per heavy atom. The normalized spacial score (nSPS) is 13.2. The van der Waals surface area contributed by atoms with Crippen LogP contribution < -0.4 is 38.1 Å². The average molecular weight is 783 g/mol. The Labute approximate surface area is 326 Å². The largest absolute Gasteiger partial charge is 0.481 e. The van der Waals surface area contributed by atoms with Gasteiger partial charge in [0.15, 0.2) is 5.96 Å². The van der Waals surface area contributed by atoms with Gasteiger partial charge in [-0.3, -0.25) is 33.8 Å². The average Bonchev–Trinajstić information content (AvgIpc) is 3.10. The van der Waals surface area contributed by atoms with Gasteiger partial charge in [-0.25, -0.2) is 4.79 Å². The van der Waals surface area contributed by atoms with E-state index in [9.17, 15) is 43.8 Å². The van der Waals surface area contributed by atoms with Crippen LogP contribution in [0.15, 0.2) is 4.99 Å². The third kappa shape index (κ3) is 25.3. The second-order valence-corrected chi connectivity index (χ2v) is 14.8. The lowest BCUT2D eigenvalue weighted by atomic mass is 10.0. The van der Waals surface area contributed by atoms with E-state index in [4.69, 9.17) is 11.5 Å². The number of unbranched alkanes of at least 4 members (excludes halogenated alkanes) is 12. The van der Waals surface area contributed by atoms with Crippen molar-refractivity contribution in [3.63, 3.8) is 0 Å². The Kier molecular flexibility index (Phi) is 27.4. The highest BCUT2D eigenvalue weighted by Crippen LogP contribution is 2.13. The van der Waals surface area contributed by atoms with Crippen molar-refractivity contribution in [2.45, 2.75) is 168 Å². The first-order chi connectivity index (χ1) is 26.0. The monoisotopic (exact) mass is 783 g/mol. The van der Waals surface area contributed by atoms with Crippen LogP contribution in [0.1, 0.15) is 144 Å². The summed E-state index contributed by atoms with van der Waals surface area (Å²) in [5.41, 5.74) is 10.8. The number of rotatable bonds is 32. The maximum absolute atomic E-state index is 13.4. The van der Waals surface area contributed by atoms with E-state index in [1.54, 1.807) is 27.7 Å². The van der Waals surface area contributed by atoms with Gasteiger partial charge >= 0.3 is 11.9 Å². The molecule has 4 atom stereocenters. The third-order valence-corrected chi connectivity index (χ3v) is 9.04. The minimum absolute atomic E-state index is 0.0590. The SMILES string of the molecule is CCCCCCCCCCCCCCCC(=O)N[C@H](C(=O)N[C@@H](CCCN=C(N)N)C(=O)NCC(=O)N[C@@H](CC(=O)O)C(=O)N[C@H](C(=O)O)C(C)C)C(C)C. The van der Waals surface area contributed by atoms with Crippen molar-refractivity contribution in [3.05, 3.63) is 0 Å². The van der Waals surface area contributed by atoms with Crippen LogP contribution in [0, 0.1) is 11.8 Å². The molecule has 17 nitrogen and oxygen atoms in total. The molecular weight excluding hydrogens is 712 g/mol. The number of carboxylic acids is 2. The van der Waals surface area contributed by atoms with Crippen LogP contribution in [0.5, 0.6) is 0 Å². The number of carboxylic acid groups (broad SMARTS) is 2. The van der Waals surface area contributed by atoms with Crippen molar-refractivity contribution >= 4 is 47.4 Å². The summed E-state index contributed by atoms with van der Waals surface area (Å²) in [7, 11) is 0. The smallest absolute Gasteiger partial charge is 0.326 e. The molecule has 0 aromatic carbocycles. The van der Waals surface area contributed by atoms with Gasteiger partial charge in [-0.1, -0.05) is 112 Å². The molecule has 0 rings (SSSR count). The molecule has 11 N–H and O–H groups in total. The van der Waals surface area contributed by atoms with Crippen molar-refractivity contribution in [2.24, 2.45) is 28.3 Å². The zero-order valence-corrected chi connectivity index (χ0v) is 33.8. The van der Waals surface area contributed by atoms with Gasteiger partial charge in [0.1, 0.15) is 24.2 Å². The van der Waals surface area contributed by atoms with E-state index in [2.05, 4.69) is 38.5 Å². The number of aliphatic carboxylic acids is 2. The first-order valence-corrected chi connectivity index (χ1v) is 20.0. The molecule has 0 fully saturated rings. The van der Waals surface area contributed by atoms with Gasteiger partial charge in [0.05, 0.1) is 13.0 Å². The molecule has 0 aromatic heterocycles. The molecule has 0 spiro atoms. The fourth-order valence-electron chi connectivity index (χ4n) is 5.81. The summed E-state index contributed by atoms with van der Waals surface area (Å²) in [6.07, 6.45) is 15.1. The van der Waals surface area contributed by atoms with Gasteiger partial charge in [0, 0.05) is 13.0 Å². The molecule has 0 aromatic rings. The summed E-state index contributed by atoms with van der Waals surface area (Å²) in [5.74, 6) is -7.37. The van der Waals surface area contributed by atoms with E-state index < -0.39 is 78.6 Å². The lowest BCUT2D eigenvalue weighted by Crippen LogP contribution is -2.57. The molecule has 5 amide bonds. The zero-order valence-electron chi connectivity index (χ0n) is 33.8. The summed E-state index contributed by atoms with van der Waals surface area (Å²) in [5, 5.41) is 30.9.